The van der Waals surface area contributed by atoms with Crippen LogP contribution in [0.4, 0.5) is 0 Å². The van der Waals surface area contributed by atoms with Crippen LogP contribution in [0.25, 0.3) is 0 Å². The van der Waals surface area contributed by atoms with Crippen LogP contribution in [0.5, 0.6) is 0 Å². The molecule has 0 saturated carbocycles. The van der Waals surface area contributed by atoms with Crippen molar-refractivity contribution in [3.05, 3.63) is 23.5 Å². The lowest BCUT2D eigenvalue weighted by Crippen LogP contribution is -2.27. The number of carbonyl (C=O) groups is 1. The van der Waals surface area contributed by atoms with Crippen molar-refractivity contribution in [1.82, 2.24) is 5.32 Å². The molecular weight excluding hydrogens is 182 g/mol. The van der Waals surface area contributed by atoms with Gasteiger partial charge in [0.25, 0.3) is 0 Å². The van der Waals surface area contributed by atoms with Crippen LogP contribution in [0.3, 0.4) is 0 Å². The van der Waals surface area contributed by atoms with E-state index >= 15 is 0 Å². The summed E-state index contributed by atoms with van der Waals surface area (Å²) in [7, 11) is 0. The van der Waals surface area contributed by atoms with E-state index in [0.717, 1.165) is 6.61 Å². The minimum atomic E-state index is -0.127. The largest absolute Gasteiger partial charge is 0.513 e. The molecule has 78 valence electrons. The van der Waals surface area contributed by atoms with Gasteiger partial charge in [-0.25, -0.2) is 0 Å². The molecule has 1 saturated heterocycles. The van der Waals surface area contributed by atoms with Gasteiger partial charge in [0.2, 0.25) is 5.91 Å². The first-order valence-electron chi connectivity index (χ1n) is 4.53. The number of aliphatic hydroxyl groups excluding tert-OH is 1. The van der Waals surface area contributed by atoms with Gasteiger partial charge in [0.05, 0.1) is 18.5 Å². The van der Waals surface area contributed by atoms with Crippen LogP contribution in [-0.2, 0) is 9.53 Å². The Hall–Kier alpha value is -1.29. The summed E-state index contributed by atoms with van der Waals surface area (Å²) in [6.07, 6.45) is 3.27. The molecule has 0 aromatic carbocycles. The second-order valence-corrected chi connectivity index (χ2v) is 3.32. The maximum absolute atomic E-state index is 11.3. The molecule has 0 radical (unpaired) electrons. The van der Waals surface area contributed by atoms with E-state index in [9.17, 15) is 4.79 Å². The van der Waals surface area contributed by atoms with Crippen molar-refractivity contribution in [2.75, 3.05) is 13.2 Å². The SMILES string of the molecule is C/C(O)=C\C=C(/C)C(=O)NCC1CO1. The van der Waals surface area contributed by atoms with Crippen LogP contribution in [-0.4, -0.2) is 30.3 Å². The van der Waals surface area contributed by atoms with Crippen LogP contribution in [0.15, 0.2) is 23.5 Å². The minimum Gasteiger partial charge on any atom is -0.513 e. The smallest absolute Gasteiger partial charge is 0.247 e. The number of nitrogens with one attached hydrogen (secondary N) is 1. The van der Waals surface area contributed by atoms with Gasteiger partial charge < -0.3 is 15.2 Å². The zero-order chi connectivity index (χ0) is 10.6. The molecule has 1 fully saturated rings. The molecule has 0 aromatic heterocycles. The molecule has 4 nitrogen and oxygen atoms in total. The molecule has 1 heterocycles. The summed E-state index contributed by atoms with van der Waals surface area (Å²) in [6, 6.07) is 0. The third-order valence-corrected chi connectivity index (χ3v) is 1.83. The van der Waals surface area contributed by atoms with Gasteiger partial charge in [0.1, 0.15) is 0 Å². The van der Waals surface area contributed by atoms with E-state index in [0.29, 0.717) is 12.1 Å². The highest BCUT2D eigenvalue weighted by atomic mass is 16.6. The number of hydrogen-bond donors (Lipinski definition) is 2. The number of epoxide rings is 1. The number of ether oxygens (including phenoxy) is 1. The van der Waals surface area contributed by atoms with Crippen LogP contribution in [0.1, 0.15) is 13.8 Å². The molecule has 0 aromatic rings. The quantitative estimate of drug-likeness (QED) is 0.305. The Morgan fingerprint density at radius 2 is 2.21 bits per heavy atom. The fraction of sp³-hybridized carbons (Fsp3) is 0.500. The van der Waals surface area contributed by atoms with E-state index in [1.54, 1.807) is 19.9 Å². The van der Waals surface area contributed by atoms with Gasteiger partial charge in [0, 0.05) is 12.1 Å². The maximum atomic E-state index is 11.3. The fourth-order valence-electron chi connectivity index (χ4n) is 0.853. The molecular formula is C10H15NO3. The Labute approximate surface area is 83.3 Å². The number of hydrogen-bond acceptors (Lipinski definition) is 3. The van der Waals surface area contributed by atoms with Crippen molar-refractivity contribution >= 4 is 5.91 Å². The zero-order valence-electron chi connectivity index (χ0n) is 8.41. The molecule has 4 heteroatoms. The summed E-state index contributed by atoms with van der Waals surface area (Å²) in [4.78, 5) is 11.3. The topological polar surface area (TPSA) is 61.9 Å². The van der Waals surface area contributed by atoms with Gasteiger partial charge in [-0.15, -0.1) is 0 Å². The summed E-state index contributed by atoms with van der Waals surface area (Å²) in [6.45, 7) is 4.55. The maximum Gasteiger partial charge on any atom is 0.247 e. The lowest BCUT2D eigenvalue weighted by Gasteiger charge is -2.01. The lowest BCUT2D eigenvalue weighted by molar-refractivity contribution is -0.117. The monoisotopic (exact) mass is 197 g/mol. The Balaban J connectivity index is 2.33. The van der Waals surface area contributed by atoms with E-state index in [4.69, 9.17) is 9.84 Å². The van der Waals surface area contributed by atoms with Crippen molar-refractivity contribution in [1.29, 1.82) is 0 Å². The van der Waals surface area contributed by atoms with Crippen molar-refractivity contribution in [3.8, 4) is 0 Å². The average Bonchev–Trinajstić information content (AvgIpc) is 2.93. The van der Waals surface area contributed by atoms with Crippen LogP contribution < -0.4 is 5.32 Å². The number of aliphatic hydroxyl groups is 1. The second kappa shape index (κ2) is 4.81. The van der Waals surface area contributed by atoms with Crippen molar-refractivity contribution < 1.29 is 14.6 Å². The van der Waals surface area contributed by atoms with Gasteiger partial charge >= 0.3 is 0 Å². The number of allylic oxidation sites excluding steroid dienone is 3. The average molecular weight is 197 g/mol. The Morgan fingerprint density at radius 1 is 1.57 bits per heavy atom. The van der Waals surface area contributed by atoms with Gasteiger partial charge in [-0.2, -0.15) is 0 Å². The summed E-state index contributed by atoms with van der Waals surface area (Å²) in [5, 5.41) is 11.6. The molecule has 1 rings (SSSR count). The molecule has 2 N–H and O–H groups in total. The minimum absolute atomic E-state index is 0.127. The van der Waals surface area contributed by atoms with Gasteiger partial charge in [0.15, 0.2) is 0 Å². The summed E-state index contributed by atoms with van der Waals surface area (Å²) < 4.78 is 4.95. The highest BCUT2D eigenvalue weighted by Crippen LogP contribution is 2.06. The summed E-state index contributed by atoms with van der Waals surface area (Å²) >= 11 is 0. The van der Waals surface area contributed by atoms with Crippen molar-refractivity contribution in [3.63, 3.8) is 0 Å². The molecule has 1 aliphatic rings. The van der Waals surface area contributed by atoms with Crippen molar-refractivity contribution in [2.24, 2.45) is 0 Å². The Kier molecular flexibility index (Phi) is 3.71. The second-order valence-electron chi connectivity index (χ2n) is 3.32. The predicted octanol–water partition coefficient (Wildman–Crippen LogP) is 0.909. The molecule has 0 spiro atoms. The molecule has 14 heavy (non-hydrogen) atoms. The van der Waals surface area contributed by atoms with E-state index in [1.807, 2.05) is 0 Å². The molecule has 0 bridgehead atoms. The highest BCUT2D eigenvalue weighted by Gasteiger charge is 2.22. The summed E-state index contributed by atoms with van der Waals surface area (Å²) in [5.41, 5.74) is 0.569. The van der Waals surface area contributed by atoms with Crippen LogP contribution >= 0.6 is 0 Å². The van der Waals surface area contributed by atoms with E-state index in [-0.39, 0.29) is 17.8 Å². The fourth-order valence-corrected chi connectivity index (χ4v) is 0.853. The Morgan fingerprint density at radius 3 is 2.71 bits per heavy atom. The first kappa shape index (κ1) is 10.8. The number of amides is 1. The van der Waals surface area contributed by atoms with Gasteiger partial charge in [-0.05, 0) is 19.9 Å². The van der Waals surface area contributed by atoms with Crippen LogP contribution in [0.2, 0.25) is 0 Å². The summed E-state index contributed by atoms with van der Waals surface area (Å²) in [5.74, 6) is 0.0562. The van der Waals surface area contributed by atoms with Gasteiger partial charge in [-0.3, -0.25) is 4.79 Å². The zero-order valence-corrected chi connectivity index (χ0v) is 8.41. The number of carbonyl (C=O) groups excluding carboxylic acids is 1. The van der Waals surface area contributed by atoms with Gasteiger partial charge in [-0.1, -0.05) is 6.08 Å². The van der Waals surface area contributed by atoms with Crippen LogP contribution in [0, 0.1) is 0 Å². The highest BCUT2D eigenvalue weighted by molar-refractivity contribution is 5.93. The molecule has 1 amide bonds. The predicted molar refractivity (Wildman–Crippen MR) is 52.9 cm³/mol. The van der Waals surface area contributed by atoms with E-state index in [1.165, 1.54) is 6.08 Å². The molecule has 1 aliphatic heterocycles. The first-order valence-corrected chi connectivity index (χ1v) is 4.53. The number of rotatable bonds is 4. The van der Waals surface area contributed by atoms with Crippen molar-refractivity contribution in [2.45, 2.75) is 20.0 Å². The normalized spacial score (nSPS) is 22.0. The third-order valence-electron chi connectivity index (χ3n) is 1.83. The lowest BCUT2D eigenvalue weighted by atomic mass is 10.2. The van der Waals surface area contributed by atoms with E-state index in [2.05, 4.69) is 5.32 Å². The standard InChI is InChI=1S/C10H15NO3/c1-7(3-4-8(2)12)10(13)11-5-9-6-14-9/h3-4,9,12H,5-6H2,1-2H3,(H,11,13)/b7-3+,8-4+. The first-order chi connectivity index (χ1) is 6.59. The molecule has 1 atom stereocenters. The Bertz CT molecular complexity index is 273. The third kappa shape index (κ3) is 4.09. The van der Waals surface area contributed by atoms with E-state index < -0.39 is 0 Å². The molecule has 0 aliphatic carbocycles. The molecule has 1 unspecified atom stereocenters.